The van der Waals surface area contributed by atoms with E-state index in [2.05, 4.69) is 0 Å². The molecule has 0 heterocycles. The molecule has 0 aliphatic carbocycles. The van der Waals surface area contributed by atoms with E-state index in [0.717, 1.165) is 0 Å². The van der Waals surface area contributed by atoms with Crippen LogP contribution in [0, 0.1) is 5.82 Å². The molecular weight excluding hydrogens is 183 g/mol. The third-order valence-corrected chi connectivity index (χ3v) is 1.76. The number of hydrogen-bond donors (Lipinski definition) is 0. The van der Waals surface area contributed by atoms with Gasteiger partial charge in [0.1, 0.15) is 12.1 Å². The van der Waals surface area contributed by atoms with Gasteiger partial charge >= 0.3 is 0 Å². The molecule has 3 heteroatoms. The second-order valence-corrected chi connectivity index (χ2v) is 2.76. The van der Waals surface area contributed by atoms with Crippen molar-refractivity contribution in [3.63, 3.8) is 0 Å². The summed E-state index contributed by atoms with van der Waals surface area (Å²) in [5.74, 6) is -0.915. The van der Waals surface area contributed by atoms with Crippen LogP contribution in [0.3, 0.4) is 0 Å². The van der Waals surface area contributed by atoms with E-state index in [1.54, 1.807) is 6.07 Å². The normalized spacial score (nSPS) is 10.4. The number of benzene rings is 1. The van der Waals surface area contributed by atoms with E-state index in [0.29, 0.717) is 6.29 Å². The Labute approximate surface area is 81.1 Å². The maximum Gasteiger partial charge on any atom is 0.162 e. The summed E-state index contributed by atoms with van der Waals surface area (Å²) in [6, 6.07) is 4.49. The molecule has 0 aromatic heterocycles. The molecule has 72 valence electrons. The van der Waals surface area contributed by atoms with E-state index in [9.17, 15) is 14.0 Å². The Morgan fingerprint density at radius 1 is 1.43 bits per heavy atom. The average molecular weight is 192 g/mol. The molecule has 0 spiro atoms. The summed E-state index contributed by atoms with van der Waals surface area (Å²) in [6.45, 7) is 1.30. The second-order valence-electron chi connectivity index (χ2n) is 2.76. The molecule has 0 radical (unpaired) electrons. The Bertz CT molecular complexity index is 394. The van der Waals surface area contributed by atoms with Crippen LogP contribution in [0.15, 0.2) is 24.3 Å². The molecule has 1 aromatic rings. The van der Waals surface area contributed by atoms with E-state index in [-0.39, 0.29) is 16.9 Å². The smallest absolute Gasteiger partial charge is 0.162 e. The van der Waals surface area contributed by atoms with E-state index in [1.165, 1.54) is 31.2 Å². The predicted octanol–water partition coefficient (Wildman–Crippen LogP) is 2.24. The zero-order chi connectivity index (χ0) is 10.6. The first-order valence-electron chi connectivity index (χ1n) is 4.08. The number of ketones is 1. The molecule has 1 rings (SSSR count). The number of hydrogen-bond acceptors (Lipinski definition) is 2. The number of allylic oxidation sites excluding steroid dienone is 1. The molecule has 2 nitrogen and oxygen atoms in total. The number of aldehydes is 1. The standard InChI is InChI=1S/C11H9FO2/c1-8(14)10-6-2-4-9(11(10)12)5-3-7-13/h2-7H,1H3/b5-3+. The van der Waals surface area contributed by atoms with Crippen molar-refractivity contribution in [1.29, 1.82) is 0 Å². The SMILES string of the molecule is CC(=O)c1cccc(/C=C/C=O)c1F. The minimum absolute atomic E-state index is 0.0399. The van der Waals surface area contributed by atoms with E-state index in [1.807, 2.05) is 0 Å². The fraction of sp³-hybridized carbons (Fsp3) is 0.0909. The van der Waals surface area contributed by atoms with Gasteiger partial charge in [0, 0.05) is 5.56 Å². The van der Waals surface area contributed by atoms with Gasteiger partial charge in [0.05, 0.1) is 5.56 Å². The number of carbonyl (C=O) groups is 2. The Kier molecular flexibility index (Phi) is 3.29. The minimum atomic E-state index is -0.585. The third kappa shape index (κ3) is 2.13. The number of carbonyl (C=O) groups excluding carboxylic acids is 2. The van der Waals surface area contributed by atoms with E-state index >= 15 is 0 Å². The number of halogens is 1. The molecule has 0 saturated carbocycles. The van der Waals surface area contributed by atoms with Gasteiger partial charge in [-0.3, -0.25) is 9.59 Å². The van der Waals surface area contributed by atoms with E-state index in [4.69, 9.17) is 0 Å². The van der Waals surface area contributed by atoms with Crippen LogP contribution >= 0.6 is 0 Å². The molecule has 0 fully saturated rings. The van der Waals surface area contributed by atoms with Crippen molar-refractivity contribution in [3.05, 3.63) is 41.2 Å². The van der Waals surface area contributed by atoms with Crippen LogP contribution in [0.4, 0.5) is 4.39 Å². The van der Waals surface area contributed by atoms with Gasteiger partial charge in [0.25, 0.3) is 0 Å². The van der Waals surface area contributed by atoms with Crippen molar-refractivity contribution in [3.8, 4) is 0 Å². The number of Topliss-reactive ketones (excluding diaryl/α,β-unsaturated/α-hetero) is 1. The highest BCUT2D eigenvalue weighted by atomic mass is 19.1. The lowest BCUT2D eigenvalue weighted by atomic mass is 10.1. The fourth-order valence-electron chi connectivity index (χ4n) is 1.09. The molecule has 0 amide bonds. The van der Waals surface area contributed by atoms with Crippen LogP contribution in [0.25, 0.3) is 6.08 Å². The average Bonchev–Trinajstić information content (AvgIpc) is 2.16. The van der Waals surface area contributed by atoms with Gasteiger partial charge in [-0.15, -0.1) is 0 Å². The quantitative estimate of drug-likeness (QED) is 0.418. The molecule has 0 aliphatic heterocycles. The third-order valence-electron chi connectivity index (χ3n) is 1.76. The molecule has 0 unspecified atom stereocenters. The maximum absolute atomic E-state index is 13.5. The van der Waals surface area contributed by atoms with Crippen molar-refractivity contribution < 1.29 is 14.0 Å². The van der Waals surface area contributed by atoms with Gasteiger partial charge in [-0.2, -0.15) is 0 Å². The molecule has 0 aliphatic rings. The zero-order valence-corrected chi connectivity index (χ0v) is 7.66. The maximum atomic E-state index is 13.5. The molecular formula is C11H9FO2. The molecule has 14 heavy (non-hydrogen) atoms. The van der Waals surface area contributed by atoms with Gasteiger partial charge in [-0.25, -0.2) is 4.39 Å². The highest BCUT2D eigenvalue weighted by Gasteiger charge is 2.08. The van der Waals surface area contributed by atoms with Crippen molar-refractivity contribution in [2.75, 3.05) is 0 Å². The lowest BCUT2D eigenvalue weighted by Crippen LogP contribution is -1.98. The van der Waals surface area contributed by atoms with Crippen LogP contribution < -0.4 is 0 Å². The molecule has 0 bridgehead atoms. The van der Waals surface area contributed by atoms with Gasteiger partial charge in [0.2, 0.25) is 0 Å². The summed E-state index contributed by atoms with van der Waals surface area (Å²) in [7, 11) is 0. The summed E-state index contributed by atoms with van der Waals surface area (Å²) in [4.78, 5) is 21.0. The topological polar surface area (TPSA) is 34.1 Å². The van der Waals surface area contributed by atoms with Gasteiger partial charge in [-0.1, -0.05) is 12.1 Å². The van der Waals surface area contributed by atoms with Gasteiger partial charge < -0.3 is 0 Å². The minimum Gasteiger partial charge on any atom is -0.299 e. The van der Waals surface area contributed by atoms with Crippen LogP contribution in [-0.2, 0) is 4.79 Å². The van der Waals surface area contributed by atoms with Crippen molar-refractivity contribution in [2.45, 2.75) is 6.92 Å². The van der Waals surface area contributed by atoms with Crippen molar-refractivity contribution >= 4 is 18.1 Å². The number of rotatable bonds is 3. The summed E-state index contributed by atoms with van der Waals surface area (Å²) in [5.41, 5.74) is 0.280. The first-order valence-corrected chi connectivity index (χ1v) is 4.08. The summed E-state index contributed by atoms with van der Waals surface area (Å²) >= 11 is 0. The van der Waals surface area contributed by atoms with E-state index < -0.39 is 5.82 Å². The Balaban J connectivity index is 3.20. The van der Waals surface area contributed by atoms with Gasteiger partial charge in [0.15, 0.2) is 5.78 Å². The predicted molar refractivity (Wildman–Crippen MR) is 51.5 cm³/mol. The molecule has 0 atom stereocenters. The Morgan fingerprint density at radius 3 is 2.71 bits per heavy atom. The summed E-state index contributed by atoms with van der Waals surface area (Å²) in [5, 5.41) is 0. The van der Waals surface area contributed by atoms with Crippen LogP contribution in [0.5, 0.6) is 0 Å². The highest BCUT2D eigenvalue weighted by molar-refractivity contribution is 5.95. The highest BCUT2D eigenvalue weighted by Crippen LogP contribution is 2.14. The largest absolute Gasteiger partial charge is 0.299 e. The lowest BCUT2D eigenvalue weighted by molar-refractivity contribution is -0.104. The molecule has 1 aromatic carbocycles. The van der Waals surface area contributed by atoms with Crippen LogP contribution in [0.2, 0.25) is 0 Å². The van der Waals surface area contributed by atoms with Gasteiger partial charge in [-0.05, 0) is 25.1 Å². The Morgan fingerprint density at radius 2 is 2.14 bits per heavy atom. The zero-order valence-electron chi connectivity index (χ0n) is 7.66. The van der Waals surface area contributed by atoms with Crippen molar-refractivity contribution in [1.82, 2.24) is 0 Å². The fourth-order valence-corrected chi connectivity index (χ4v) is 1.09. The Hall–Kier alpha value is -1.77. The lowest BCUT2D eigenvalue weighted by Gasteiger charge is -2.00. The second kappa shape index (κ2) is 4.46. The monoisotopic (exact) mass is 192 g/mol. The van der Waals surface area contributed by atoms with Crippen LogP contribution in [0.1, 0.15) is 22.8 Å². The first-order chi connectivity index (χ1) is 6.66. The van der Waals surface area contributed by atoms with Crippen molar-refractivity contribution in [2.24, 2.45) is 0 Å². The summed E-state index contributed by atoms with van der Waals surface area (Å²) < 4.78 is 13.5. The molecule has 0 N–H and O–H groups in total. The molecule has 0 saturated heterocycles. The first kappa shape index (κ1) is 10.3. The summed E-state index contributed by atoms with van der Waals surface area (Å²) in [6.07, 6.45) is 3.07. The van der Waals surface area contributed by atoms with Crippen LogP contribution in [-0.4, -0.2) is 12.1 Å².